The molecule has 164 valence electrons. The summed E-state index contributed by atoms with van der Waals surface area (Å²) in [6.07, 6.45) is 1.20. The second kappa shape index (κ2) is 8.91. The van der Waals surface area contributed by atoms with Gasteiger partial charge in [-0.15, -0.1) is 11.3 Å². The van der Waals surface area contributed by atoms with Crippen molar-refractivity contribution in [1.82, 2.24) is 15.3 Å². The Morgan fingerprint density at radius 1 is 1.09 bits per heavy atom. The van der Waals surface area contributed by atoms with Gasteiger partial charge in [0.1, 0.15) is 5.69 Å². The SMILES string of the molecule is C=C(NOC)c1cc(-c2ccc(-c3cccc(S(C)(=O)=O)c3)s2)n(-c2ccccc2Cl)n1. The molecule has 0 aliphatic rings. The molecule has 4 rings (SSSR count). The molecule has 0 saturated heterocycles. The number of nitrogens with zero attached hydrogens (tertiary/aromatic N) is 2. The molecule has 9 heteroatoms. The molecular formula is C23H20ClN3O3S2. The third-order valence-electron chi connectivity index (χ3n) is 4.73. The van der Waals surface area contributed by atoms with Crippen LogP contribution in [0.1, 0.15) is 5.69 Å². The number of hydrogen-bond acceptors (Lipinski definition) is 6. The maximum atomic E-state index is 12.0. The molecule has 0 spiro atoms. The normalized spacial score (nSPS) is 11.5. The van der Waals surface area contributed by atoms with Crippen molar-refractivity contribution in [2.75, 3.05) is 13.4 Å². The molecule has 0 saturated carbocycles. The van der Waals surface area contributed by atoms with E-state index >= 15 is 0 Å². The summed E-state index contributed by atoms with van der Waals surface area (Å²) < 4.78 is 25.7. The average Bonchev–Trinajstić information content (AvgIpc) is 3.41. The van der Waals surface area contributed by atoms with Crippen LogP contribution in [0.2, 0.25) is 5.02 Å². The van der Waals surface area contributed by atoms with E-state index in [4.69, 9.17) is 16.4 Å². The lowest BCUT2D eigenvalue weighted by atomic mass is 10.2. The fraction of sp³-hybridized carbons (Fsp3) is 0.0870. The Bertz CT molecular complexity index is 1410. The highest BCUT2D eigenvalue weighted by Gasteiger charge is 2.18. The maximum absolute atomic E-state index is 12.0. The van der Waals surface area contributed by atoms with Crippen molar-refractivity contribution < 1.29 is 13.3 Å². The molecule has 2 aromatic heterocycles. The fourth-order valence-corrected chi connectivity index (χ4v) is 5.08. The monoisotopic (exact) mass is 485 g/mol. The first-order valence-electron chi connectivity index (χ1n) is 9.52. The van der Waals surface area contributed by atoms with Crippen LogP contribution < -0.4 is 5.48 Å². The number of benzene rings is 2. The Morgan fingerprint density at radius 2 is 1.84 bits per heavy atom. The van der Waals surface area contributed by atoms with Gasteiger partial charge in [-0.1, -0.05) is 42.4 Å². The number of rotatable bonds is 7. The van der Waals surface area contributed by atoms with Crippen molar-refractivity contribution in [3.63, 3.8) is 0 Å². The molecule has 0 fully saturated rings. The highest BCUT2D eigenvalue weighted by molar-refractivity contribution is 7.90. The van der Waals surface area contributed by atoms with Gasteiger partial charge in [-0.2, -0.15) is 5.10 Å². The first-order valence-corrected chi connectivity index (χ1v) is 12.6. The predicted molar refractivity (Wildman–Crippen MR) is 130 cm³/mol. The summed E-state index contributed by atoms with van der Waals surface area (Å²) in [5, 5.41) is 5.24. The number of halogens is 1. The number of para-hydroxylation sites is 1. The van der Waals surface area contributed by atoms with Gasteiger partial charge < -0.3 is 0 Å². The standard InChI is InChI=1S/C23H20ClN3O3S2/c1-15(26-30-2)19-14-21(27(25-19)20-10-5-4-9-18(20)24)23-12-11-22(31-23)16-7-6-8-17(13-16)32(3,28)29/h4-14,26H,1H2,2-3H3. The van der Waals surface area contributed by atoms with E-state index < -0.39 is 9.84 Å². The van der Waals surface area contributed by atoms with Gasteiger partial charge in [0.15, 0.2) is 9.84 Å². The molecule has 2 heterocycles. The summed E-state index contributed by atoms with van der Waals surface area (Å²) in [5.74, 6) is 0. The van der Waals surface area contributed by atoms with Gasteiger partial charge in [0.2, 0.25) is 0 Å². The lowest BCUT2D eigenvalue weighted by Gasteiger charge is -2.08. The minimum Gasteiger partial charge on any atom is -0.279 e. The highest BCUT2D eigenvalue weighted by Crippen LogP contribution is 2.37. The molecule has 6 nitrogen and oxygen atoms in total. The molecule has 0 aliphatic heterocycles. The van der Waals surface area contributed by atoms with Crippen molar-refractivity contribution in [1.29, 1.82) is 0 Å². The Labute approximate surface area is 195 Å². The van der Waals surface area contributed by atoms with E-state index in [-0.39, 0.29) is 4.90 Å². The van der Waals surface area contributed by atoms with Crippen molar-refractivity contribution in [2.24, 2.45) is 0 Å². The van der Waals surface area contributed by atoms with Crippen molar-refractivity contribution in [3.05, 3.63) is 84.0 Å². The molecular weight excluding hydrogens is 466 g/mol. The van der Waals surface area contributed by atoms with Crippen LogP contribution in [0.15, 0.2) is 78.2 Å². The van der Waals surface area contributed by atoms with Crippen LogP contribution in [0.5, 0.6) is 0 Å². The van der Waals surface area contributed by atoms with Crippen LogP contribution in [0.3, 0.4) is 0 Å². The smallest absolute Gasteiger partial charge is 0.175 e. The molecule has 0 atom stereocenters. The van der Waals surface area contributed by atoms with Crippen LogP contribution >= 0.6 is 22.9 Å². The molecule has 1 N–H and O–H groups in total. The maximum Gasteiger partial charge on any atom is 0.175 e. The van der Waals surface area contributed by atoms with Gasteiger partial charge in [0, 0.05) is 11.1 Å². The summed E-state index contributed by atoms with van der Waals surface area (Å²) >= 11 is 7.98. The summed E-state index contributed by atoms with van der Waals surface area (Å²) in [6, 6.07) is 20.2. The van der Waals surface area contributed by atoms with Gasteiger partial charge >= 0.3 is 0 Å². The van der Waals surface area contributed by atoms with Crippen LogP contribution in [0, 0.1) is 0 Å². The van der Waals surface area contributed by atoms with Gasteiger partial charge in [0.25, 0.3) is 0 Å². The average molecular weight is 486 g/mol. The Morgan fingerprint density at radius 3 is 2.56 bits per heavy atom. The van der Waals surface area contributed by atoms with E-state index in [1.54, 1.807) is 28.9 Å². The molecule has 4 aromatic rings. The van der Waals surface area contributed by atoms with Crippen molar-refractivity contribution >= 4 is 38.5 Å². The van der Waals surface area contributed by atoms with Gasteiger partial charge in [-0.25, -0.2) is 13.1 Å². The zero-order chi connectivity index (χ0) is 22.9. The largest absolute Gasteiger partial charge is 0.279 e. The van der Waals surface area contributed by atoms with E-state index in [1.807, 2.05) is 42.5 Å². The summed E-state index contributed by atoms with van der Waals surface area (Å²) in [4.78, 5) is 7.14. The molecule has 0 unspecified atom stereocenters. The molecule has 2 aromatic carbocycles. The van der Waals surface area contributed by atoms with E-state index in [2.05, 4.69) is 17.2 Å². The second-order valence-corrected chi connectivity index (χ2v) is 10.5. The van der Waals surface area contributed by atoms with E-state index in [1.165, 1.54) is 24.7 Å². The Kier molecular flexibility index (Phi) is 6.21. The number of nitrogens with one attached hydrogen (secondary N) is 1. The molecule has 0 aliphatic carbocycles. The lowest BCUT2D eigenvalue weighted by Crippen LogP contribution is -2.09. The quantitative estimate of drug-likeness (QED) is 0.352. The second-order valence-electron chi connectivity index (χ2n) is 7.03. The molecule has 32 heavy (non-hydrogen) atoms. The minimum atomic E-state index is -3.29. The number of thiophene rings is 1. The summed E-state index contributed by atoms with van der Waals surface area (Å²) in [5.41, 5.74) is 6.22. The zero-order valence-electron chi connectivity index (χ0n) is 17.4. The van der Waals surface area contributed by atoms with E-state index in [0.717, 1.165) is 26.7 Å². The van der Waals surface area contributed by atoms with Gasteiger partial charge in [-0.05, 0) is 48.0 Å². The summed E-state index contributed by atoms with van der Waals surface area (Å²) in [7, 11) is -1.78. The van der Waals surface area contributed by atoms with Gasteiger partial charge in [-0.3, -0.25) is 10.3 Å². The van der Waals surface area contributed by atoms with E-state index in [0.29, 0.717) is 16.4 Å². The number of hydrogen-bond donors (Lipinski definition) is 1. The van der Waals surface area contributed by atoms with E-state index in [9.17, 15) is 8.42 Å². The number of hydroxylamine groups is 1. The number of aromatic nitrogens is 2. The van der Waals surface area contributed by atoms with Crippen LogP contribution in [-0.4, -0.2) is 31.6 Å². The Hall–Kier alpha value is -2.91. The van der Waals surface area contributed by atoms with Crippen molar-refractivity contribution in [3.8, 4) is 26.7 Å². The first kappa shape index (κ1) is 22.3. The molecule has 0 amide bonds. The van der Waals surface area contributed by atoms with Crippen LogP contribution in [0.4, 0.5) is 0 Å². The predicted octanol–water partition coefficient (Wildman–Crippen LogP) is 5.45. The number of sulfone groups is 1. The van der Waals surface area contributed by atoms with Crippen molar-refractivity contribution in [2.45, 2.75) is 4.90 Å². The third-order valence-corrected chi connectivity index (χ3v) is 7.32. The topological polar surface area (TPSA) is 73.2 Å². The zero-order valence-corrected chi connectivity index (χ0v) is 19.8. The van der Waals surface area contributed by atoms with Gasteiger partial charge in [0.05, 0.1) is 39.0 Å². The highest BCUT2D eigenvalue weighted by atomic mass is 35.5. The van der Waals surface area contributed by atoms with Crippen LogP contribution in [-0.2, 0) is 14.7 Å². The third kappa shape index (κ3) is 4.49. The fourth-order valence-electron chi connectivity index (χ4n) is 3.20. The first-order chi connectivity index (χ1) is 15.3. The lowest BCUT2D eigenvalue weighted by molar-refractivity contribution is 0.136. The van der Waals surface area contributed by atoms with Crippen LogP contribution in [0.25, 0.3) is 32.4 Å². The summed E-state index contributed by atoms with van der Waals surface area (Å²) in [6.45, 7) is 3.97. The Balaban J connectivity index is 1.82. The minimum absolute atomic E-state index is 0.287. The molecule has 0 bridgehead atoms. The molecule has 0 radical (unpaired) electrons.